The number of aliphatic imine (C=N–C) groups is 1. The van der Waals surface area contributed by atoms with Crippen molar-refractivity contribution in [3.8, 4) is 0 Å². The summed E-state index contributed by atoms with van der Waals surface area (Å²) in [5.74, 6) is 0. The molecule has 0 saturated carbocycles. The van der Waals surface area contributed by atoms with Crippen LogP contribution in [0.4, 0.5) is 0 Å². The third-order valence-corrected chi connectivity index (χ3v) is 2.38. The molecule has 0 aromatic rings. The van der Waals surface area contributed by atoms with E-state index in [2.05, 4.69) is 31.5 Å². The van der Waals surface area contributed by atoms with Crippen molar-refractivity contribution in [2.75, 3.05) is 0 Å². The summed E-state index contributed by atoms with van der Waals surface area (Å²) in [4.78, 5) is 4.20. The monoisotopic (exact) mass is 217 g/mol. The van der Waals surface area contributed by atoms with Crippen LogP contribution in [0.1, 0.15) is 40.5 Å². The first-order valence-electron chi connectivity index (χ1n) is 5.81. The molecule has 16 heavy (non-hydrogen) atoms. The van der Waals surface area contributed by atoms with E-state index >= 15 is 0 Å². The van der Waals surface area contributed by atoms with Gasteiger partial charge in [-0.15, -0.1) is 6.58 Å². The highest BCUT2D eigenvalue weighted by Crippen LogP contribution is 2.22. The van der Waals surface area contributed by atoms with Gasteiger partial charge in [0.05, 0.1) is 0 Å². The van der Waals surface area contributed by atoms with Gasteiger partial charge in [-0.25, -0.2) is 0 Å². The van der Waals surface area contributed by atoms with E-state index in [4.69, 9.17) is 0 Å². The predicted octanol–water partition coefficient (Wildman–Crippen LogP) is 4.84. The second-order valence-electron chi connectivity index (χ2n) is 3.60. The molecule has 0 fully saturated rings. The molecule has 0 atom stereocenters. The first kappa shape index (κ1) is 14.6. The Balaban J connectivity index is 5.29. The van der Waals surface area contributed by atoms with Crippen LogP contribution in [-0.2, 0) is 0 Å². The number of hydrogen-bond donors (Lipinski definition) is 0. The van der Waals surface area contributed by atoms with E-state index in [0.29, 0.717) is 0 Å². The minimum atomic E-state index is 0.938. The average Bonchev–Trinajstić information content (AvgIpc) is 2.27. The quantitative estimate of drug-likeness (QED) is 0.343. The standard InChI is InChI=1S/C15H23N/c1-6-10-13(5)15(8-3)14(11-7-2)12-16-9-4/h6-7,9,11-12H,1,8,10H2,2-5H3/b11-7?,14-12-,15-13?,16-9?. The van der Waals surface area contributed by atoms with Gasteiger partial charge in [0.15, 0.2) is 0 Å². The summed E-state index contributed by atoms with van der Waals surface area (Å²) in [5.41, 5.74) is 3.93. The van der Waals surface area contributed by atoms with Gasteiger partial charge in [0.25, 0.3) is 0 Å². The van der Waals surface area contributed by atoms with Gasteiger partial charge in [-0.05, 0) is 44.8 Å². The second-order valence-corrected chi connectivity index (χ2v) is 3.60. The third kappa shape index (κ3) is 4.92. The van der Waals surface area contributed by atoms with Crippen molar-refractivity contribution in [1.82, 2.24) is 0 Å². The SMILES string of the molecule is C=CCC(C)=C(CC)/C(C=CC)=C\N=CC. The fourth-order valence-electron chi connectivity index (χ4n) is 1.65. The summed E-state index contributed by atoms with van der Waals surface area (Å²) in [7, 11) is 0. The molecule has 0 aromatic carbocycles. The van der Waals surface area contributed by atoms with Gasteiger partial charge in [0.2, 0.25) is 0 Å². The largest absolute Gasteiger partial charge is 0.269 e. The lowest BCUT2D eigenvalue weighted by molar-refractivity contribution is 1.04. The number of hydrogen-bond acceptors (Lipinski definition) is 1. The molecule has 88 valence electrons. The first-order valence-corrected chi connectivity index (χ1v) is 5.81. The second kappa shape index (κ2) is 8.90. The Labute approximate surface area is 100.0 Å². The Kier molecular flexibility index (Phi) is 8.14. The van der Waals surface area contributed by atoms with Crippen LogP contribution in [0.15, 0.2) is 52.7 Å². The third-order valence-electron chi connectivity index (χ3n) is 2.38. The maximum atomic E-state index is 4.20. The molecule has 0 N–H and O–H groups in total. The molecule has 0 heterocycles. The first-order chi connectivity index (χ1) is 7.71. The fourth-order valence-corrected chi connectivity index (χ4v) is 1.65. The Morgan fingerprint density at radius 3 is 2.44 bits per heavy atom. The summed E-state index contributed by atoms with van der Waals surface area (Å²) in [5, 5.41) is 0. The highest BCUT2D eigenvalue weighted by Gasteiger charge is 2.03. The van der Waals surface area contributed by atoms with Crippen molar-refractivity contribution >= 4 is 6.21 Å². The number of rotatable bonds is 6. The van der Waals surface area contributed by atoms with E-state index in [1.54, 1.807) is 6.21 Å². The maximum absolute atomic E-state index is 4.20. The Bertz CT molecular complexity index is 327. The van der Waals surface area contributed by atoms with Crippen LogP contribution in [0.25, 0.3) is 0 Å². The molecule has 0 unspecified atom stereocenters. The van der Waals surface area contributed by atoms with Gasteiger partial charge >= 0.3 is 0 Å². The molecular weight excluding hydrogens is 194 g/mol. The van der Waals surface area contributed by atoms with E-state index in [-0.39, 0.29) is 0 Å². The molecular formula is C15H23N. The molecule has 0 spiro atoms. The molecule has 0 aliphatic heterocycles. The lowest BCUT2D eigenvalue weighted by atomic mass is 9.97. The fraction of sp³-hybridized carbons (Fsp3) is 0.400. The molecule has 0 aliphatic rings. The predicted molar refractivity (Wildman–Crippen MR) is 74.9 cm³/mol. The van der Waals surface area contributed by atoms with Gasteiger partial charge in [-0.1, -0.05) is 30.7 Å². The zero-order valence-corrected chi connectivity index (χ0v) is 11.0. The van der Waals surface area contributed by atoms with Crippen LogP contribution >= 0.6 is 0 Å². The molecule has 0 aliphatic carbocycles. The summed E-state index contributed by atoms with van der Waals surface area (Å²) < 4.78 is 0. The minimum absolute atomic E-state index is 0.938. The van der Waals surface area contributed by atoms with Gasteiger partial charge in [0.1, 0.15) is 0 Å². The number of nitrogens with zero attached hydrogens (tertiary/aromatic N) is 1. The van der Waals surface area contributed by atoms with E-state index in [0.717, 1.165) is 12.8 Å². The maximum Gasteiger partial charge on any atom is 0.0338 e. The topological polar surface area (TPSA) is 12.4 Å². The molecule has 0 bridgehead atoms. The van der Waals surface area contributed by atoms with Gasteiger partial charge < -0.3 is 0 Å². The van der Waals surface area contributed by atoms with Crippen molar-refractivity contribution in [1.29, 1.82) is 0 Å². The van der Waals surface area contributed by atoms with Crippen molar-refractivity contribution in [2.45, 2.75) is 40.5 Å². The molecule has 1 nitrogen and oxygen atoms in total. The Hall–Kier alpha value is -1.37. The average molecular weight is 217 g/mol. The summed E-state index contributed by atoms with van der Waals surface area (Å²) in [6.07, 6.45) is 11.8. The Morgan fingerprint density at radius 1 is 1.31 bits per heavy atom. The zero-order valence-electron chi connectivity index (χ0n) is 11.0. The van der Waals surface area contributed by atoms with E-state index in [9.17, 15) is 0 Å². The molecule has 0 rings (SSSR count). The van der Waals surface area contributed by atoms with Gasteiger partial charge in [0, 0.05) is 12.4 Å². The van der Waals surface area contributed by atoms with Crippen LogP contribution in [0.3, 0.4) is 0 Å². The number of allylic oxidation sites excluding steroid dienone is 6. The van der Waals surface area contributed by atoms with Crippen LogP contribution < -0.4 is 0 Å². The highest BCUT2D eigenvalue weighted by atomic mass is 14.7. The molecule has 0 amide bonds. The summed E-state index contributed by atoms with van der Waals surface area (Å²) >= 11 is 0. The smallest absolute Gasteiger partial charge is 0.0338 e. The van der Waals surface area contributed by atoms with Crippen LogP contribution in [-0.4, -0.2) is 6.21 Å². The van der Waals surface area contributed by atoms with Crippen molar-refractivity contribution in [3.05, 3.63) is 47.7 Å². The lowest BCUT2D eigenvalue weighted by Gasteiger charge is -2.10. The van der Waals surface area contributed by atoms with Gasteiger partial charge in [-0.2, -0.15) is 0 Å². The minimum Gasteiger partial charge on any atom is -0.269 e. The molecule has 0 radical (unpaired) electrons. The molecule has 0 saturated heterocycles. The molecule has 1 heteroatoms. The van der Waals surface area contributed by atoms with Gasteiger partial charge in [-0.3, -0.25) is 4.99 Å². The van der Waals surface area contributed by atoms with Crippen molar-refractivity contribution < 1.29 is 0 Å². The zero-order chi connectivity index (χ0) is 12.4. The van der Waals surface area contributed by atoms with E-state index in [1.165, 1.54) is 16.7 Å². The van der Waals surface area contributed by atoms with Crippen LogP contribution in [0, 0.1) is 0 Å². The van der Waals surface area contributed by atoms with E-state index in [1.807, 2.05) is 32.2 Å². The molecule has 0 aromatic heterocycles. The van der Waals surface area contributed by atoms with Crippen LogP contribution in [0.2, 0.25) is 0 Å². The summed E-state index contributed by atoms with van der Waals surface area (Å²) in [6.45, 7) is 12.1. The van der Waals surface area contributed by atoms with E-state index < -0.39 is 0 Å². The summed E-state index contributed by atoms with van der Waals surface area (Å²) in [6, 6.07) is 0. The van der Waals surface area contributed by atoms with Crippen molar-refractivity contribution in [3.63, 3.8) is 0 Å². The lowest BCUT2D eigenvalue weighted by Crippen LogP contribution is -1.91. The Morgan fingerprint density at radius 2 is 2.00 bits per heavy atom. The normalized spacial score (nSPS) is 14.6. The van der Waals surface area contributed by atoms with Crippen molar-refractivity contribution in [2.24, 2.45) is 4.99 Å². The highest BCUT2D eigenvalue weighted by molar-refractivity contribution is 5.55. The van der Waals surface area contributed by atoms with Crippen LogP contribution in [0.5, 0.6) is 0 Å².